The molecule has 0 aromatic carbocycles. The van der Waals surface area contributed by atoms with Crippen LogP contribution in [0, 0.1) is 32.1 Å². The molecule has 0 bridgehead atoms. The van der Waals surface area contributed by atoms with Crippen molar-refractivity contribution in [3.8, 4) is 40.4 Å². The van der Waals surface area contributed by atoms with Crippen LogP contribution in [-0.4, -0.2) is 57.3 Å². The van der Waals surface area contributed by atoms with Gasteiger partial charge in [-0.05, 0) is 73.9 Å². The van der Waals surface area contributed by atoms with Crippen molar-refractivity contribution < 1.29 is 19.2 Å². The minimum absolute atomic E-state index is 0.0137. The van der Waals surface area contributed by atoms with E-state index in [2.05, 4.69) is 52.8 Å². The maximum atomic E-state index is 12.6. The van der Waals surface area contributed by atoms with Gasteiger partial charge in [0.25, 0.3) is 11.8 Å². The number of aliphatic imine (C=N–C) groups is 1. The van der Waals surface area contributed by atoms with Crippen LogP contribution in [0.2, 0.25) is 0 Å². The highest BCUT2D eigenvalue weighted by Crippen LogP contribution is 2.47. The fraction of sp³-hybridized carbons (Fsp3) is 0.258. The molecule has 0 unspecified atom stereocenters. The van der Waals surface area contributed by atoms with Crippen molar-refractivity contribution in [3.05, 3.63) is 57.5 Å². The van der Waals surface area contributed by atoms with Crippen molar-refractivity contribution in [2.24, 2.45) is 21.6 Å². The number of hydrogen-bond donors (Lipinski definition) is 4. The van der Waals surface area contributed by atoms with Crippen LogP contribution >= 0.6 is 45.3 Å². The smallest absolute Gasteiger partial charge is 0.262 e. The van der Waals surface area contributed by atoms with E-state index in [-0.39, 0.29) is 37.8 Å². The van der Waals surface area contributed by atoms with Gasteiger partial charge in [-0.3, -0.25) is 14.6 Å². The molecule has 4 aromatic heterocycles. The predicted molar refractivity (Wildman–Crippen MR) is 190 cm³/mol. The number of ether oxygens (including phenoxy) is 1. The number of oxime groups is 1. The Labute approximate surface area is 282 Å². The van der Waals surface area contributed by atoms with Gasteiger partial charge in [-0.1, -0.05) is 16.5 Å². The molecule has 4 rings (SSSR count). The Morgan fingerprint density at radius 3 is 2.28 bits per heavy atom. The normalized spacial score (nSPS) is 11.3. The van der Waals surface area contributed by atoms with E-state index in [4.69, 9.17) is 21.0 Å². The average Bonchev–Trinajstić information content (AvgIpc) is 3.81. The van der Waals surface area contributed by atoms with E-state index in [9.17, 15) is 14.9 Å². The molecule has 46 heavy (non-hydrogen) atoms. The molecule has 6 N–H and O–H groups in total. The van der Waals surface area contributed by atoms with Gasteiger partial charge in [0.05, 0.1) is 26.4 Å². The number of rotatable bonds is 14. The summed E-state index contributed by atoms with van der Waals surface area (Å²) < 4.78 is 5.38. The molecule has 0 aliphatic carbocycles. The minimum Gasteiger partial charge on any atom is -0.487 e. The van der Waals surface area contributed by atoms with E-state index in [1.165, 1.54) is 41.7 Å². The highest BCUT2D eigenvalue weighted by atomic mass is 32.1. The van der Waals surface area contributed by atoms with Crippen molar-refractivity contribution in [1.29, 1.82) is 5.26 Å². The lowest BCUT2D eigenvalue weighted by Gasteiger charge is -2.02. The molecular weight excluding hydrogens is 663 g/mol. The third-order valence-corrected chi connectivity index (χ3v) is 11.6. The van der Waals surface area contributed by atoms with E-state index >= 15 is 0 Å². The van der Waals surface area contributed by atoms with Gasteiger partial charge in [0.2, 0.25) is 0 Å². The lowest BCUT2D eigenvalue weighted by Crippen LogP contribution is -2.31. The van der Waals surface area contributed by atoms with Gasteiger partial charge in [-0.15, -0.1) is 34.0 Å². The number of methoxy groups -OCH3 is 1. The summed E-state index contributed by atoms with van der Waals surface area (Å²) in [5.74, 6) is -0.992. The summed E-state index contributed by atoms with van der Waals surface area (Å²) in [6.07, 6.45) is 2.88. The second-order valence-electron chi connectivity index (χ2n) is 9.83. The summed E-state index contributed by atoms with van der Waals surface area (Å²) >= 11 is 6.71. The molecule has 11 nitrogen and oxygen atoms in total. The number of amides is 2. The lowest BCUT2D eigenvalue weighted by atomic mass is 10.1. The molecule has 4 aromatic rings. The topological polar surface area (TPSA) is 177 Å². The highest BCUT2D eigenvalue weighted by molar-refractivity contribution is 7.29. The number of guanidine groups is 1. The van der Waals surface area contributed by atoms with E-state index < -0.39 is 11.8 Å². The first-order valence-corrected chi connectivity index (χ1v) is 17.2. The van der Waals surface area contributed by atoms with Crippen LogP contribution in [0.5, 0.6) is 5.06 Å². The molecule has 2 amide bonds. The Kier molecular flexibility index (Phi) is 12.1. The van der Waals surface area contributed by atoms with E-state index in [1.807, 2.05) is 25.1 Å². The quantitative estimate of drug-likeness (QED) is 0.0346. The van der Waals surface area contributed by atoms with Crippen LogP contribution in [0.3, 0.4) is 0 Å². The van der Waals surface area contributed by atoms with E-state index in [0.29, 0.717) is 0 Å². The lowest BCUT2D eigenvalue weighted by molar-refractivity contribution is -0.125. The Morgan fingerprint density at radius 2 is 1.61 bits per heavy atom. The van der Waals surface area contributed by atoms with Gasteiger partial charge in [0.15, 0.2) is 17.6 Å². The number of nitriles is 1. The average molecular weight is 696 g/mol. The Bertz CT molecular complexity index is 1830. The number of nitrogens with two attached hydrogens (primary N) is 2. The Hall–Kier alpha value is -4.49. The fourth-order valence-corrected chi connectivity index (χ4v) is 8.96. The largest absolute Gasteiger partial charge is 0.487 e. The van der Waals surface area contributed by atoms with Crippen molar-refractivity contribution in [3.63, 3.8) is 0 Å². The summed E-state index contributed by atoms with van der Waals surface area (Å²) in [7, 11) is 1.68. The molecule has 0 radical (unpaired) electrons. The molecule has 0 saturated carbocycles. The van der Waals surface area contributed by atoms with Crippen LogP contribution in [0.15, 0.2) is 46.1 Å². The van der Waals surface area contributed by atoms with Crippen LogP contribution in [-0.2, 0) is 14.4 Å². The number of thiophene rings is 4. The Balaban J connectivity index is 1.36. The maximum Gasteiger partial charge on any atom is 0.262 e. The van der Waals surface area contributed by atoms with Gasteiger partial charge < -0.3 is 31.7 Å². The number of carbonyl (C=O) groups is 2. The monoisotopic (exact) mass is 695 g/mol. The third kappa shape index (κ3) is 9.04. The zero-order valence-electron chi connectivity index (χ0n) is 25.6. The zero-order chi connectivity index (χ0) is 33.2. The third-order valence-electron chi connectivity index (χ3n) is 6.31. The molecule has 0 aliphatic rings. The van der Waals surface area contributed by atoms with Gasteiger partial charge in [-0.2, -0.15) is 5.26 Å². The molecule has 4 heterocycles. The minimum atomic E-state index is -0.541. The first-order valence-electron chi connectivity index (χ1n) is 13.9. The Morgan fingerprint density at radius 1 is 0.935 bits per heavy atom. The molecular formula is C31H33N7O4S4. The molecule has 0 saturated heterocycles. The summed E-state index contributed by atoms with van der Waals surface area (Å²) in [5.41, 5.74) is 13.9. The van der Waals surface area contributed by atoms with E-state index in [1.54, 1.807) is 58.5 Å². The molecule has 0 fully saturated rings. The second-order valence-corrected chi connectivity index (χ2v) is 14.1. The molecule has 0 atom stereocenters. The SMILES string of the molecule is COc1ccc(-c2sc(-c3cc(C)c(-c4sc(/C=C(\C#N)C(=O)NC/C=N\OCC(=O)NCCN=C(N)N)cc4C)s3)cc2C)s1. The summed E-state index contributed by atoms with van der Waals surface area (Å²) in [4.78, 5) is 40.9. The standard InChI is InChI=1S/C31H33N7O4S4/c1-17-11-21(14-20(15-32)30(40)36-9-10-38-42-16-25(39)35-7-8-37-31(33)34)43-28(17)29-19(3)13-24(46-29)23-12-18(2)27(45-23)22-5-6-26(41-4)44-22/h5-6,10-14H,7-9,16H2,1-4H3,(H,35,39)(H,36,40)(H4,33,34,37)/b20-14+,38-10-. The molecule has 0 spiro atoms. The number of nitrogens with zero attached hydrogens (tertiary/aromatic N) is 3. The summed E-state index contributed by atoms with van der Waals surface area (Å²) in [6, 6.07) is 12.5. The first kappa shape index (κ1) is 34.4. The zero-order valence-corrected chi connectivity index (χ0v) is 28.9. The van der Waals surface area contributed by atoms with Gasteiger partial charge in [-0.25, -0.2) is 0 Å². The molecule has 240 valence electrons. The molecule has 15 heteroatoms. The predicted octanol–water partition coefficient (Wildman–Crippen LogP) is 5.28. The van der Waals surface area contributed by atoms with Crippen LogP contribution in [0.25, 0.3) is 35.3 Å². The van der Waals surface area contributed by atoms with Crippen molar-refractivity contribution in [1.82, 2.24) is 10.6 Å². The van der Waals surface area contributed by atoms with Crippen LogP contribution < -0.4 is 26.8 Å². The van der Waals surface area contributed by atoms with Crippen LogP contribution in [0.4, 0.5) is 0 Å². The summed E-state index contributed by atoms with van der Waals surface area (Å²) in [6.45, 7) is 6.49. The van der Waals surface area contributed by atoms with Gasteiger partial charge >= 0.3 is 0 Å². The van der Waals surface area contributed by atoms with Crippen molar-refractivity contribution >= 4 is 75.4 Å². The van der Waals surface area contributed by atoms with Crippen molar-refractivity contribution in [2.45, 2.75) is 20.8 Å². The molecule has 0 aliphatic heterocycles. The number of hydrogen-bond acceptors (Lipinski definition) is 11. The van der Waals surface area contributed by atoms with Gasteiger partial charge in [0, 0.05) is 40.7 Å². The summed E-state index contributed by atoms with van der Waals surface area (Å²) in [5, 5.41) is 19.4. The van der Waals surface area contributed by atoms with Gasteiger partial charge in [0.1, 0.15) is 11.6 Å². The maximum absolute atomic E-state index is 12.6. The number of carbonyl (C=O) groups excluding carboxylic acids is 2. The fourth-order valence-electron chi connectivity index (χ4n) is 4.17. The first-order chi connectivity index (χ1) is 22.1. The second kappa shape index (κ2) is 16.2. The van der Waals surface area contributed by atoms with E-state index in [0.717, 1.165) is 20.4 Å². The number of nitrogens with one attached hydrogen (secondary N) is 2. The highest BCUT2D eigenvalue weighted by Gasteiger charge is 2.18. The van der Waals surface area contributed by atoms with Crippen molar-refractivity contribution in [2.75, 3.05) is 33.4 Å². The van der Waals surface area contributed by atoms with Crippen LogP contribution in [0.1, 0.15) is 21.6 Å². The number of aryl methyl sites for hydroxylation is 3.